The van der Waals surface area contributed by atoms with E-state index >= 15 is 0 Å². The van der Waals surface area contributed by atoms with Gasteiger partial charge in [-0.3, -0.25) is 9.59 Å². The molecule has 0 aliphatic heterocycles. The molecular weight excluding hydrogens is 286 g/mol. The van der Waals surface area contributed by atoms with Gasteiger partial charge in [-0.25, -0.2) is 0 Å². The molecule has 1 aromatic heterocycles. The fraction of sp³-hybridized carbons (Fsp3) is 0.625. The molecule has 0 spiro atoms. The minimum absolute atomic E-state index is 0.125. The molecule has 2 fully saturated rings. The summed E-state index contributed by atoms with van der Waals surface area (Å²) >= 11 is 1.75. The maximum atomic E-state index is 12.3. The summed E-state index contributed by atoms with van der Waals surface area (Å²) in [7, 11) is 0. The minimum atomic E-state index is -0.699. The van der Waals surface area contributed by atoms with Crippen LogP contribution in [0.3, 0.4) is 0 Å². The molecule has 21 heavy (non-hydrogen) atoms. The normalized spacial score (nSPS) is 31.7. The van der Waals surface area contributed by atoms with Crippen LogP contribution in [0.15, 0.2) is 11.4 Å². The van der Waals surface area contributed by atoms with Crippen LogP contribution in [0.4, 0.5) is 0 Å². The summed E-state index contributed by atoms with van der Waals surface area (Å²) in [5, 5.41) is 14.2. The van der Waals surface area contributed by atoms with E-state index in [4.69, 9.17) is 5.11 Å². The number of hydrogen-bond donors (Lipinski definition) is 2. The average Bonchev–Trinajstić information content (AvgIpc) is 3.14. The highest BCUT2D eigenvalue weighted by atomic mass is 32.1. The molecule has 2 aliphatic carbocycles. The highest BCUT2D eigenvalue weighted by molar-refractivity contribution is 7.10. The van der Waals surface area contributed by atoms with Crippen molar-refractivity contribution in [1.29, 1.82) is 0 Å². The van der Waals surface area contributed by atoms with Crippen molar-refractivity contribution >= 4 is 23.2 Å². The topological polar surface area (TPSA) is 66.4 Å². The fourth-order valence-corrected chi connectivity index (χ4v) is 4.44. The van der Waals surface area contributed by atoms with Gasteiger partial charge in [-0.2, -0.15) is 0 Å². The number of carboxylic acid groups (broad SMARTS) is 1. The number of amides is 1. The van der Waals surface area contributed by atoms with Crippen LogP contribution in [-0.4, -0.2) is 23.0 Å². The lowest BCUT2D eigenvalue weighted by Gasteiger charge is -2.26. The Bertz CT molecular complexity index is 545. The van der Waals surface area contributed by atoms with Crippen molar-refractivity contribution in [3.63, 3.8) is 0 Å². The SMILES string of the molecule is Cc1ccsc1C1CC1C(=O)NC1CCC(C(=O)O)CC1. The first-order chi connectivity index (χ1) is 10.1. The molecule has 2 atom stereocenters. The number of thiophene rings is 1. The number of aryl methyl sites for hydroxylation is 1. The summed E-state index contributed by atoms with van der Waals surface area (Å²) in [5.41, 5.74) is 1.29. The number of carbonyl (C=O) groups excluding carboxylic acids is 1. The molecule has 0 aromatic carbocycles. The molecule has 0 radical (unpaired) electrons. The van der Waals surface area contributed by atoms with Gasteiger partial charge in [0.2, 0.25) is 5.91 Å². The summed E-state index contributed by atoms with van der Waals surface area (Å²) in [6, 6.07) is 2.28. The quantitative estimate of drug-likeness (QED) is 0.899. The Balaban J connectivity index is 1.48. The Morgan fingerprint density at radius 3 is 2.57 bits per heavy atom. The summed E-state index contributed by atoms with van der Waals surface area (Å²) < 4.78 is 0. The van der Waals surface area contributed by atoms with Gasteiger partial charge in [-0.05, 0) is 56.0 Å². The second-order valence-corrected chi connectivity index (χ2v) is 7.26. The number of nitrogens with one attached hydrogen (secondary N) is 1. The highest BCUT2D eigenvalue weighted by Gasteiger charge is 2.45. The molecule has 5 heteroatoms. The first-order valence-corrected chi connectivity index (χ1v) is 8.51. The summed E-state index contributed by atoms with van der Waals surface area (Å²) in [6.45, 7) is 2.10. The third-order valence-corrected chi connectivity index (χ3v) is 5.94. The maximum absolute atomic E-state index is 12.3. The molecule has 2 saturated carbocycles. The highest BCUT2D eigenvalue weighted by Crippen LogP contribution is 2.50. The number of aliphatic carboxylic acids is 1. The molecule has 114 valence electrons. The minimum Gasteiger partial charge on any atom is -0.481 e. The van der Waals surface area contributed by atoms with Crippen molar-refractivity contribution < 1.29 is 14.7 Å². The fourth-order valence-electron chi connectivity index (χ4n) is 3.33. The number of carbonyl (C=O) groups is 2. The van der Waals surface area contributed by atoms with Crippen LogP contribution >= 0.6 is 11.3 Å². The Kier molecular flexibility index (Phi) is 4.02. The van der Waals surface area contributed by atoms with Crippen molar-refractivity contribution in [2.24, 2.45) is 11.8 Å². The monoisotopic (exact) mass is 307 g/mol. The van der Waals surface area contributed by atoms with Crippen molar-refractivity contribution in [2.75, 3.05) is 0 Å². The van der Waals surface area contributed by atoms with E-state index in [0.717, 1.165) is 19.3 Å². The van der Waals surface area contributed by atoms with E-state index in [9.17, 15) is 9.59 Å². The predicted octanol–water partition coefficient (Wildman–Crippen LogP) is 2.92. The Labute approximate surface area is 128 Å². The largest absolute Gasteiger partial charge is 0.481 e. The molecule has 2 aliphatic rings. The average molecular weight is 307 g/mol. The van der Waals surface area contributed by atoms with Crippen molar-refractivity contribution in [2.45, 2.75) is 51.0 Å². The molecule has 2 N–H and O–H groups in total. The Morgan fingerprint density at radius 2 is 2.00 bits per heavy atom. The van der Waals surface area contributed by atoms with E-state index in [2.05, 4.69) is 23.7 Å². The van der Waals surface area contributed by atoms with Gasteiger partial charge in [0.15, 0.2) is 0 Å². The van der Waals surface area contributed by atoms with Gasteiger partial charge in [0.1, 0.15) is 0 Å². The molecular formula is C16H21NO3S. The van der Waals surface area contributed by atoms with E-state index in [-0.39, 0.29) is 23.8 Å². The van der Waals surface area contributed by atoms with Crippen LogP contribution in [0.1, 0.15) is 48.5 Å². The Hall–Kier alpha value is -1.36. The second kappa shape index (κ2) is 5.79. The standard InChI is InChI=1S/C16H21NO3S/c1-9-6-7-21-14(9)12-8-13(12)15(18)17-11-4-2-10(3-5-11)16(19)20/h6-7,10-13H,2-5,8H2,1H3,(H,17,18)(H,19,20). The lowest BCUT2D eigenvalue weighted by molar-refractivity contribution is -0.142. The van der Waals surface area contributed by atoms with Crippen LogP contribution in [0.5, 0.6) is 0 Å². The zero-order valence-electron chi connectivity index (χ0n) is 12.2. The summed E-state index contributed by atoms with van der Waals surface area (Å²) in [4.78, 5) is 24.6. The molecule has 1 heterocycles. The van der Waals surface area contributed by atoms with E-state index in [1.165, 1.54) is 10.4 Å². The molecule has 4 nitrogen and oxygen atoms in total. The van der Waals surface area contributed by atoms with Gasteiger partial charge in [0, 0.05) is 22.8 Å². The third-order valence-electron chi connectivity index (χ3n) is 4.79. The van der Waals surface area contributed by atoms with Crippen LogP contribution < -0.4 is 5.32 Å². The van der Waals surface area contributed by atoms with Crippen molar-refractivity contribution in [3.8, 4) is 0 Å². The molecule has 0 bridgehead atoms. The lowest BCUT2D eigenvalue weighted by atomic mass is 9.86. The first-order valence-electron chi connectivity index (χ1n) is 7.63. The van der Waals surface area contributed by atoms with Gasteiger partial charge >= 0.3 is 5.97 Å². The second-order valence-electron chi connectivity index (χ2n) is 6.31. The van der Waals surface area contributed by atoms with Gasteiger partial charge in [-0.1, -0.05) is 0 Å². The summed E-state index contributed by atoms with van der Waals surface area (Å²) in [6.07, 6.45) is 3.89. The zero-order chi connectivity index (χ0) is 15.0. The zero-order valence-corrected chi connectivity index (χ0v) is 13.0. The van der Waals surface area contributed by atoms with Gasteiger partial charge in [0.25, 0.3) is 0 Å². The van der Waals surface area contributed by atoms with Gasteiger partial charge in [0.05, 0.1) is 5.92 Å². The van der Waals surface area contributed by atoms with Crippen molar-refractivity contribution in [1.82, 2.24) is 5.32 Å². The smallest absolute Gasteiger partial charge is 0.306 e. The molecule has 1 amide bonds. The maximum Gasteiger partial charge on any atom is 0.306 e. The van der Waals surface area contributed by atoms with E-state index in [1.807, 2.05) is 0 Å². The van der Waals surface area contributed by atoms with Crippen LogP contribution in [0.25, 0.3) is 0 Å². The Morgan fingerprint density at radius 1 is 1.29 bits per heavy atom. The first kappa shape index (κ1) is 14.6. The van der Waals surface area contributed by atoms with E-state index < -0.39 is 5.97 Å². The summed E-state index contributed by atoms with van der Waals surface area (Å²) in [5.74, 6) is -0.234. The van der Waals surface area contributed by atoms with Crippen LogP contribution in [0, 0.1) is 18.8 Å². The molecule has 2 unspecified atom stereocenters. The van der Waals surface area contributed by atoms with Crippen molar-refractivity contribution in [3.05, 3.63) is 21.9 Å². The molecule has 3 rings (SSSR count). The van der Waals surface area contributed by atoms with Crippen LogP contribution in [-0.2, 0) is 9.59 Å². The van der Waals surface area contributed by atoms with Crippen LogP contribution in [0.2, 0.25) is 0 Å². The van der Waals surface area contributed by atoms with E-state index in [1.54, 1.807) is 11.3 Å². The molecule has 1 aromatic rings. The van der Waals surface area contributed by atoms with Gasteiger partial charge < -0.3 is 10.4 Å². The molecule has 0 saturated heterocycles. The number of carboxylic acids is 1. The third kappa shape index (κ3) is 3.12. The lowest BCUT2D eigenvalue weighted by Crippen LogP contribution is -2.39. The number of rotatable bonds is 4. The van der Waals surface area contributed by atoms with E-state index in [0.29, 0.717) is 18.8 Å². The number of hydrogen-bond acceptors (Lipinski definition) is 3. The predicted molar refractivity (Wildman–Crippen MR) is 81.4 cm³/mol. The van der Waals surface area contributed by atoms with Gasteiger partial charge in [-0.15, -0.1) is 11.3 Å².